The van der Waals surface area contributed by atoms with Crippen LogP contribution in [0.3, 0.4) is 0 Å². The van der Waals surface area contributed by atoms with Crippen molar-refractivity contribution >= 4 is 23.1 Å². The van der Waals surface area contributed by atoms with Crippen molar-refractivity contribution in [3.05, 3.63) is 64.1 Å². The molecule has 0 bridgehead atoms. The van der Waals surface area contributed by atoms with E-state index in [0.717, 1.165) is 18.8 Å². The molecule has 1 saturated heterocycles. The normalized spacial score (nSPS) is 16.8. The summed E-state index contributed by atoms with van der Waals surface area (Å²) in [5.74, 6) is 3.42. The van der Waals surface area contributed by atoms with E-state index in [0.29, 0.717) is 0 Å². The molecule has 1 N–H and O–H groups in total. The van der Waals surface area contributed by atoms with Crippen molar-refractivity contribution in [2.24, 2.45) is 0 Å². The number of thiophene rings is 1. The number of hydrogen-bond acceptors (Lipinski definition) is 5. The van der Waals surface area contributed by atoms with Crippen molar-refractivity contribution in [2.75, 3.05) is 24.6 Å². The van der Waals surface area contributed by atoms with Crippen molar-refractivity contribution in [3.8, 4) is 0 Å². The number of nitrogens with zero attached hydrogens (tertiary/aromatic N) is 4. The molecular weight excluding hydrogens is 350 g/mol. The van der Waals surface area contributed by atoms with Gasteiger partial charge in [-0.3, -0.25) is 0 Å². The third kappa shape index (κ3) is 3.94. The molecule has 0 spiro atoms. The highest BCUT2D eigenvalue weighted by molar-refractivity contribution is 7.99. The maximum Gasteiger partial charge on any atom is 0.215 e. The van der Waals surface area contributed by atoms with E-state index in [4.69, 9.17) is 0 Å². The van der Waals surface area contributed by atoms with Crippen LogP contribution in [0.15, 0.2) is 47.8 Å². The number of thioether (sulfide) groups is 1. The standard InChI is InChI=1S/C18H21N5S2/c1-2-5-15(6-3-1)8-9-23-18(19-20-21-23)17(16-7-4-12-25-16)22-10-13-24-14-11-22/h1-7,12,17H,8-11,13-14H2/p+1/t17-/m0/s1. The number of aromatic nitrogens is 4. The van der Waals surface area contributed by atoms with Gasteiger partial charge in [-0.2, -0.15) is 11.8 Å². The minimum Gasteiger partial charge on any atom is -0.320 e. The van der Waals surface area contributed by atoms with E-state index in [1.165, 1.54) is 35.0 Å². The molecule has 130 valence electrons. The summed E-state index contributed by atoms with van der Waals surface area (Å²) in [6.45, 7) is 3.15. The van der Waals surface area contributed by atoms with E-state index in [2.05, 4.69) is 63.4 Å². The first-order valence-corrected chi connectivity index (χ1v) is 10.7. The minimum absolute atomic E-state index is 0.242. The number of quaternary nitrogens is 1. The Kier molecular flexibility index (Phi) is 5.44. The summed E-state index contributed by atoms with van der Waals surface area (Å²) in [6, 6.07) is 15.1. The van der Waals surface area contributed by atoms with Crippen LogP contribution in [-0.2, 0) is 13.0 Å². The predicted octanol–water partition coefficient (Wildman–Crippen LogP) is 1.70. The number of benzene rings is 1. The van der Waals surface area contributed by atoms with E-state index < -0.39 is 0 Å². The summed E-state index contributed by atoms with van der Waals surface area (Å²) in [4.78, 5) is 2.94. The first-order valence-electron chi connectivity index (χ1n) is 8.67. The highest BCUT2D eigenvalue weighted by Crippen LogP contribution is 2.22. The average molecular weight is 373 g/mol. The molecule has 5 nitrogen and oxygen atoms in total. The van der Waals surface area contributed by atoms with E-state index in [1.54, 1.807) is 4.90 Å². The van der Waals surface area contributed by atoms with Gasteiger partial charge in [-0.15, -0.1) is 16.4 Å². The summed E-state index contributed by atoms with van der Waals surface area (Å²) >= 11 is 3.86. The van der Waals surface area contributed by atoms with Crippen molar-refractivity contribution in [3.63, 3.8) is 0 Å². The number of rotatable bonds is 6. The lowest BCUT2D eigenvalue weighted by molar-refractivity contribution is -0.922. The molecule has 1 fully saturated rings. The van der Waals surface area contributed by atoms with Crippen LogP contribution in [0.5, 0.6) is 0 Å². The molecule has 0 saturated carbocycles. The van der Waals surface area contributed by atoms with Crippen molar-refractivity contribution in [1.29, 1.82) is 0 Å². The molecule has 0 unspecified atom stereocenters. The lowest BCUT2D eigenvalue weighted by Gasteiger charge is -2.29. The second-order valence-electron chi connectivity index (χ2n) is 6.21. The fraction of sp³-hybridized carbons (Fsp3) is 0.389. The SMILES string of the molecule is c1ccc(CCn2nnnc2[C@H](c2cccs2)[NH+]2CCSCC2)cc1. The van der Waals surface area contributed by atoms with Gasteiger partial charge in [-0.05, 0) is 33.9 Å². The van der Waals surface area contributed by atoms with Crippen LogP contribution >= 0.6 is 23.1 Å². The van der Waals surface area contributed by atoms with Gasteiger partial charge in [0.25, 0.3) is 0 Å². The molecule has 0 amide bonds. The van der Waals surface area contributed by atoms with Crippen molar-refractivity contribution < 1.29 is 4.90 Å². The second kappa shape index (κ2) is 8.12. The molecule has 1 aliphatic heterocycles. The first kappa shape index (κ1) is 16.8. The molecule has 1 aliphatic rings. The molecule has 7 heteroatoms. The third-order valence-corrected chi connectivity index (χ3v) is 6.57. The molecule has 3 aromatic rings. The van der Waals surface area contributed by atoms with E-state index >= 15 is 0 Å². The van der Waals surface area contributed by atoms with Gasteiger partial charge in [0.1, 0.15) is 0 Å². The van der Waals surface area contributed by atoms with E-state index in [9.17, 15) is 0 Å². The molecular formula is C18H22N5S2+. The highest BCUT2D eigenvalue weighted by Gasteiger charge is 2.33. The number of aryl methyl sites for hydroxylation is 2. The van der Waals surface area contributed by atoms with Gasteiger partial charge in [-0.25, -0.2) is 4.68 Å². The Balaban J connectivity index is 1.58. The predicted molar refractivity (Wildman–Crippen MR) is 102 cm³/mol. The van der Waals surface area contributed by atoms with Crippen LogP contribution < -0.4 is 4.90 Å². The summed E-state index contributed by atoms with van der Waals surface area (Å²) in [7, 11) is 0. The smallest absolute Gasteiger partial charge is 0.215 e. The molecule has 2 aromatic heterocycles. The van der Waals surface area contributed by atoms with Gasteiger partial charge in [0.15, 0.2) is 6.04 Å². The number of nitrogens with one attached hydrogen (secondary N) is 1. The van der Waals surface area contributed by atoms with Gasteiger partial charge in [0, 0.05) is 18.1 Å². The molecule has 25 heavy (non-hydrogen) atoms. The largest absolute Gasteiger partial charge is 0.320 e. The highest BCUT2D eigenvalue weighted by atomic mass is 32.2. The summed E-state index contributed by atoms with van der Waals surface area (Å²) < 4.78 is 2.01. The lowest BCUT2D eigenvalue weighted by Crippen LogP contribution is -3.14. The number of tetrazole rings is 1. The summed E-state index contributed by atoms with van der Waals surface area (Å²) in [5, 5.41) is 14.9. The van der Waals surface area contributed by atoms with Gasteiger partial charge in [-0.1, -0.05) is 36.4 Å². The Bertz CT molecular complexity index is 766. The van der Waals surface area contributed by atoms with Crippen LogP contribution in [0.2, 0.25) is 0 Å². The fourth-order valence-electron chi connectivity index (χ4n) is 3.35. The molecule has 1 atom stereocenters. The Morgan fingerprint density at radius 1 is 1.08 bits per heavy atom. The fourth-order valence-corrected chi connectivity index (χ4v) is 5.24. The van der Waals surface area contributed by atoms with Crippen molar-refractivity contribution in [1.82, 2.24) is 20.2 Å². The second-order valence-corrected chi connectivity index (χ2v) is 8.42. The average Bonchev–Trinajstić information content (AvgIpc) is 3.35. The summed E-state index contributed by atoms with van der Waals surface area (Å²) in [6.07, 6.45) is 0.946. The van der Waals surface area contributed by atoms with E-state index in [-0.39, 0.29) is 6.04 Å². The molecule has 4 rings (SSSR count). The number of hydrogen-bond donors (Lipinski definition) is 1. The van der Waals surface area contributed by atoms with Gasteiger partial charge in [0.2, 0.25) is 5.82 Å². The van der Waals surface area contributed by atoms with Crippen LogP contribution in [-0.4, -0.2) is 44.8 Å². The zero-order valence-electron chi connectivity index (χ0n) is 14.0. The first-order chi connectivity index (χ1) is 12.4. The maximum atomic E-state index is 4.44. The topological polar surface area (TPSA) is 48.0 Å². The zero-order chi connectivity index (χ0) is 16.9. The molecule has 0 radical (unpaired) electrons. The Morgan fingerprint density at radius 2 is 1.92 bits per heavy atom. The van der Waals surface area contributed by atoms with Crippen molar-refractivity contribution in [2.45, 2.75) is 19.0 Å². The maximum absolute atomic E-state index is 4.44. The quantitative estimate of drug-likeness (QED) is 0.715. The molecule has 3 heterocycles. The third-order valence-electron chi connectivity index (χ3n) is 4.64. The van der Waals surface area contributed by atoms with Crippen LogP contribution in [0.1, 0.15) is 22.3 Å². The van der Waals surface area contributed by atoms with E-state index in [1.807, 2.05) is 27.8 Å². The monoisotopic (exact) mass is 372 g/mol. The Hall–Kier alpha value is -1.70. The Morgan fingerprint density at radius 3 is 2.68 bits per heavy atom. The molecule has 1 aromatic carbocycles. The van der Waals surface area contributed by atoms with Crippen LogP contribution in [0.25, 0.3) is 0 Å². The van der Waals surface area contributed by atoms with Gasteiger partial charge in [0.05, 0.1) is 18.0 Å². The Labute approximate surface area is 156 Å². The van der Waals surface area contributed by atoms with Crippen LogP contribution in [0.4, 0.5) is 0 Å². The van der Waals surface area contributed by atoms with Gasteiger partial charge < -0.3 is 4.90 Å². The molecule has 0 aliphatic carbocycles. The minimum atomic E-state index is 0.242. The zero-order valence-corrected chi connectivity index (χ0v) is 15.7. The van der Waals surface area contributed by atoms with Gasteiger partial charge >= 0.3 is 0 Å². The lowest BCUT2D eigenvalue weighted by atomic mass is 10.1. The summed E-state index contributed by atoms with van der Waals surface area (Å²) in [5.41, 5.74) is 1.32. The van der Waals surface area contributed by atoms with Crippen LogP contribution in [0, 0.1) is 0 Å².